The first kappa shape index (κ1) is 20.3. The van der Waals surface area contributed by atoms with Crippen LogP contribution in [-0.2, 0) is 13.0 Å². The summed E-state index contributed by atoms with van der Waals surface area (Å²) in [6, 6.07) is 6.08. The maximum absolute atomic E-state index is 13.1. The van der Waals surface area contributed by atoms with Gasteiger partial charge in [-0.1, -0.05) is 0 Å². The van der Waals surface area contributed by atoms with E-state index in [1.807, 2.05) is 23.4 Å². The number of likely N-dealkylation sites (tertiary alicyclic amines) is 1. The maximum atomic E-state index is 13.1. The molecule has 2 aromatic heterocycles. The summed E-state index contributed by atoms with van der Waals surface area (Å²) >= 11 is 1.55. The van der Waals surface area contributed by atoms with Gasteiger partial charge in [-0.25, -0.2) is 4.79 Å². The Balaban J connectivity index is 1.18. The summed E-state index contributed by atoms with van der Waals surface area (Å²) in [5, 5.41) is 9.23. The lowest BCUT2D eigenvalue weighted by molar-refractivity contribution is 0.0519. The molecule has 3 aliphatic heterocycles. The zero-order valence-corrected chi connectivity index (χ0v) is 18.4. The minimum atomic E-state index is -0.888. The molecule has 0 bridgehead atoms. The van der Waals surface area contributed by atoms with Crippen LogP contribution in [0.25, 0.3) is 0 Å². The number of pyridine rings is 1. The Labute approximate surface area is 186 Å². The standard InChI is InChI=1S/C23H28N4O3S/c28-21(20-15-17-16-27(22(29)30)10-3-19(17)31-20)26-13-6-23(7-14-26)4-11-25(12-5-23)18-1-8-24-9-2-18/h1-2,8-9,15H,3-7,10-14,16H2,(H,29,30). The Bertz CT molecular complexity index is 958. The monoisotopic (exact) mass is 440 g/mol. The molecule has 0 aliphatic carbocycles. The van der Waals surface area contributed by atoms with E-state index in [0.29, 0.717) is 24.9 Å². The van der Waals surface area contributed by atoms with Gasteiger partial charge in [0.05, 0.1) is 11.4 Å². The van der Waals surface area contributed by atoms with Gasteiger partial charge in [-0.15, -0.1) is 11.3 Å². The Morgan fingerprint density at radius 3 is 2.32 bits per heavy atom. The van der Waals surface area contributed by atoms with Crippen molar-refractivity contribution in [1.82, 2.24) is 14.8 Å². The molecular formula is C23H28N4O3S. The predicted molar refractivity (Wildman–Crippen MR) is 120 cm³/mol. The van der Waals surface area contributed by atoms with E-state index in [0.717, 1.165) is 54.3 Å². The normalized spacial score (nSPS) is 20.6. The zero-order chi connectivity index (χ0) is 21.4. The molecule has 2 fully saturated rings. The number of hydrogen-bond acceptors (Lipinski definition) is 5. The summed E-state index contributed by atoms with van der Waals surface area (Å²) in [5.41, 5.74) is 2.61. The first-order valence-electron chi connectivity index (χ1n) is 11.1. The van der Waals surface area contributed by atoms with Crippen molar-refractivity contribution >= 4 is 29.0 Å². The molecular weight excluding hydrogens is 412 g/mol. The highest BCUT2D eigenvalue weighted by atomic mass is 32.1. The summed E-state index contributed by atoms with van der Waals surface area (Å²) in [5.74, 6) is 0.116. The fraction of sp³-hybridized carbons (Fsp3) is 0.522. The van der Waals surface area contributed by atoms with Crippen molar-refractivity contribution in [2.45, 2.75) is 38.6 Å². The van der Waals surface area contributed by atoms with Gasteiger partial charge in [0.2, 0.25) is 0 Å². The lowest BCUT2D eigenvalue weighted by atomic mass is 9.71. The number of thiophene rings is 1. The van der Waals surface area contributed by atoms with Crippen molar-refractivity contribution in [3.8, 4) is 0 Å². The first-order valence-corrected chi connectivity index (χ1v) is 11.9. The number of piperidine rings is 2. The van der Waals surface area contributed by atoms with Crippen molar-refractivity contribution in [2.75, 3.05) is 37.6 Å². The molecule has 1 spiro atoms. The Kier molecular flexibility index (Phi) is 5.33. The molecule has 0 unspecified atom stereocenters. The molecule has 31 heavy (non-hydrogen) atoms. The van der Waals surface area contributed by atoms with Gasteiger partial charge in [-0.2, -0.15) is 0 Å². The second-order valence-electron chi connectivity index (χ2n) is 9.00. The SMILES string of the molecule is O=C(O)N1CCc2sc(C(=O)N3CCC4(CC3)CCN(c3ccncc3)CC4)cc2C1. The minimum Gasteiger partial charge on any atom is -0.465 e. The maximum Gasteiger partial charge on any atom is 0.407 e. The number of fused-ring (bicyclic) bond motifs is 1. The molecule has 5 rings (SSSR count). The zero-order valence-electron chi connectivity index (χ0n) is 17.6. The molecule has 2 saturated heterocycles. The lowest BCUT2D eigenvalue weighted by Crippen LogP contribution is -2.48. The number of nitrogens with zero attached hydrogens (tertiary/aromatic N) is 4. The van der Waals surface area contributed by atoms with Crippen LogP contribution in [0.15, 0.2) is 30.6 Å². The van der Waals surface area contributed by atoms with Gasteiger partial charge in [0.1, 0.15) is 0 Å². The van der Waals surface area contributed by atoms with Crippen molar-refractivity contribution in [1.29, 1.82) is 0 Å². The summed E-state index contributed by atoms with van der Waals surface area (Å²) in [6.07, 6.45) is 8.02. The van der Waals surface area contributed by atoms with Crippen LogP contribution in [0.1, 0.15) is 45.8 Å². The Morgan fingerprint density at radius 1 is 0.968 bits per heavy atom. The van der Waals surface area contributed by atoms with Crippen LogP contribution >= 0.6 is 11.3 Å². The molecule has 164 valence electrons. The van der Waals surface area contributed by atoms with Crippen molar-refractivity contribution in [3.05, 3.63) is 45.9 Å². The van der Waals surface area contributed by atoms with Gasteiger partial charge in [0.25, 0.3) is 5.91 Å². The fourth-order valence-corrected chi connectivity index (χ4v) is 6.37. The summed E-state index contributed by atoms with van der Waals surface area (Å²) in [7, 11) is 0. The third kappa shape index (κ3) is 4.01. The van der Waals surface area contributed by atoms with Crippen LogP contribution < -0.4 is 4.90 Å². The number of hydrogen-bond donors (Lipinski definition) is 1. The van der Waals surface area contributed by atoms with Crippen LogP contribution in [0.3, 0.4) is 0 Å². The second kappa shape index (κ2) is 8.15. The molecule has 7 nitrogen and oxygen atoms in total. The predicted octanol–water partition coefficient (Wildman–Crippen LogP) is 3.70. The van der Waals surface area contributed by atoms with E-state index in [-0.39, 0.29) is 5.91 Å². The third-order valence-corrected chi connectivity index (χ3v) is 8.54. The van der Waals surface area contributed by atoms with E-state index in [1.165, 1.54) is 23.4 Å². The molecule has 3 aliphatic rings. The van der Waals surface area contributed by atoms with Gasteiger partial charge in [0, 0.05) is 55.7 Å². The average Bonchev–Trinajstić information content (AvgIpc) is 3.24. The second-order valence-corrected chi connectivity index (χ2v) is 10.1. The van der Waals surface area contributed by atoms with Crippen molar-refractivity contribution in [3.63, 3.8) is 0 Å². The van der Waals surface area contributed by atoms with Gasteiger partial charge in [-0.3, -0.25) is 9.78 Å². The number of amides is 2. The Hall–Kier alpha value is -2.61. The Morgan fingerprint density at radius 2 is 1.65 bits per heavy atom. The molecule has 2 amide bonds. The highest BCUT2D eigenvalue weighted by Gasteiger charge is 2.39. The largest absolute Gasteiger partial charge is 0.465 e. The first-order chi connectivity index (χ1) is 15.0. The third-order valence-electron chi connectivity index (χ3n) is 7.31. The number of carboxylic acid groups (broad SMARTS) is 1. The summed E-state index contributed by atoms with van der Waals surface area (Å²) in [4.78, 5) is 36.3. The number of anilines is 1. The molecule has 8 heteroatoms. The fourth-order valence-electron chi connectivity index (χ4n) is 5.24. The van der Waals surface area contributed by atoms with Crippen LogP contribution in [0.2, 0.25) is 0 Å². The molecule has 0 aromatic carbocycles. The van der Waals surface area contributed by atoms with E-state index < -0.39 is 6.09 Å². The number of aromatic nitrogens is 1. The summed E-state index contributed by atoms with van der Waals surface area (Å²) < 4.78 is 0. The quantitative estimate of drug-likeness (QED) is 0.771. The smallest absolute Gasteiger partial charge is 0.407 e. The van der Waals surface area contributed by atoms with E-state index in [1.54, 1.807) is 11.3 Å². The van der Waals surface area contributed by atoms with Crippen LogP contribution in [0, 0.1) is 5.41 Å². The number of carbonyl (C=O) groups excluding carboxylic acids is 1. The average molecular weight is 441 g/mol. The van der Waals surface area contributed by atoms with Crippen LogP contribution in [-0.4, -0.2) is 64.6 Å². The van der Waals surface area contributed by atoms with Crippen LogP contribution in [0.5, 0.6) is 0 Å². The van der Waals surface area contributed by atoms with Gasteiger partial charge >= 0.3 is 6.09 Å². The highest BCUT2D eigenvalue weighted by Crippen LogP contribution is 2.42. The number of carbonyl (C=O) groups is 2. The van der Waals surface area contributed by atoms with E-state index in [2.05, 4.69) is 22.0 Å². The van der Waals surface area contributed by atoms with E-state index in [9.17, 15) is 14.7 Å². The topological polar surface area (TPSA) is 77.0 Å². The summed E-state index contributed by atoms with van der Waals surface area (Å²) in [6.45, 7) is 4.67. The van der Waals surface area contributed by atoms with Gasteiger partial charge < -0.3 is 19.8 Å². The minimum absolute atomic E-state index is 0.116. The molecule has 0 atom stereocenters. The van der Waals surface area contributed by atoms with Crippen molar-refractivity contribution < 1.29 is 14.7 Å². The lowest BCUT2D eigenvalue weighted by Gasteiger charge is -2.47. The number of rotatable bonds is 2. The molecule has 0 saturated carbocycles. The highest BCUT2D eigenvalue weighted by molar-refractivity contribution is 7.14. The van der Waals surface area contributed by atoms with Gasteiger partial charge in [0.15, 0.2) is 0 Å². The molecule has 0 radical (unpaired) electrons. The van der Waals surface area contributed by atoms with E-state index in [4.69, 9.17) is 0 Å². The van der Waals surface area contributed by atoms with Crippen LogP contribution in [0.4, 0.5) is 10.5 Å². The van der Waals surface area contributed by atoms with Gasteiger partial charge in [-0.05, 0) is 61.3 Å². The molecule has 5 heterocycles. The molecule has 2 aromatic rings. The van der Waals surface area contributed by atoms with E-state index >= 15 is 0 Å². The van der Waals surface area contributed by atoms with Crippen molar-refractivity contribution in [2.24, 2.45) is 5.41 Å². The molecule has 1 N–H and O–H groups in total.